The Balaban J connectivity index is 2.29. The standard InChI is InChI=1S/C13H9N3O7/c1-7-5-10(11(16(21)22)12(17)14-7)23-13(18)8-3-2-4-9(6-8)15(19)20/h2-6,11H,1H3. The van der Waals surface area contributed by atoms with Crippen molar-refractivity contribution in [2.45, 2.75) is 13.0 Å². The van der Waals surface area contributed by atoms with E-state index in [1.807, 2.05) is 0 Å². The zero-order valence-electron chi connectivity index (χ0n) is 11.7. The molecule has 2 rings (SSSR count). The molecule has 0 saturated carbocycles. The van der Waals surface area contributed by atoms with E-state index in [4.69, 9.17) is 4.74 Å². The molecule has 1 unspecified atom stereocenters. The normalized spacial score (nSPS) is 17.1. The van der Waals surface area contributed by atoms with Crippen molar-refractivity contribution in [1.82, 2.24) is 0 Å². The van der Waals surface area contributed by atoms with Gasteiger partial charge in [0, 0.05) is 28.8 Å². The third kappa shape index (κ3) is 3.43. The van der Waals surface area contributed by atoms with Gasteiger partial charge in [-0.15, -0.1) is 0 Å². The van der Waals surface area contributed by atoms with E-state index >= 15 is 0 Å². The van der Waals surface area contributed by atoms with Crippen molar-refractivity contribution in [2.75, 3.05) is 0 Å². The second-order valence-electron chi connectivity index (χ2n) is 4.52. The smallest absolute Gasteiger partial charge is 0.348 e. The van der Waals surface area contributed by atoms with Crippen LogP contribution in [-0.4, -0.2) is 33.5 Å². The SMILES string of the molecule is CC1=NC(=O)C([N+](=O)[O-])C(OC(=O)c2cccc([N+](=O)[O-])c2)=C1. The molecule has 10 nitrogen and oxygen atoms in total. The maximum Gasteiger partial charge on any atom is 0.348 e. The Hall–Kier alpha value is -3.43. The molecule has 0 aromatic heterocycles. The fraction of sp³-hybridized carbons (Fsp3) is 0.154. The Kier molecular flexibility index (Phi) is 4.25. The number of esters is 1. The van der Waals surface area contributed by atoms with E-state index in [0.29, 0.717) is 0 Å². The van der Waals surface area contributed by atoms with Crippen LogP contribution in [-0.2, 0) is 9.53 Å². The number of ether oxygens (including phenoxy) is 1. The predicted molar refractivity (Wildman–Crippen MR) is 75.5 cm³/mol. The monoisotopic (exact) mass is 319 g/mol. The van der Waals surface area contributed by atoms with Gasteiger partial charge in [-0.3, -0.25) is 25.0 Å². The van der Waals surface area contributed by atoms with Gasteiger partial charge < -0.3 is 4.74 Å². The van der Waals surface area contributed by atoms with E-state index in [-0.39, 0.29) is 17.0 Å². The first kappa shape index (κ1) is 15.9. The first-order valence-corrected chi connectivity index (χ1v) is 6.20. The second kappa shape index (κ2) is 6.13. The summed E-state index contributed by atoms with van der Waals surface area (Å²) < 4.78 is 4.88. The quantitative estimate of drug-likeness (QED) is 0.462. The van der Waals surface area contributed by atoms with Crippen LogP contribution in [0.5, 0.6) is 0 Å². The lowest BCUT2D eigenvalue weighted by Gasteiger charge is -2.14. The van der Waals surface area contributed by atoms with Gasteiger partial charge in [-0.2, -0.15) is 0 Å². The van der Waals surface area contributed by atoms with Gasteiger partial charge in [-0.05, 0) is 13.0 Å². The number of non-ortho nitro benzene ring substituents is 1. The van der Waals surface area contributed by atoms with Crippen molar-refractivity contribution in [3.05, 3.63) is 61.9 Å². The van der Waals surface area contributed by atoms with Crippen LogP contribution in [0.1, 0.15) is 17.3 Å². The highest BCUT2D eigenvalue weighted by molar-refractivity contribution is 6.06. The number of benzene rings is 1. The van der Waals surface area contributed by atoms with Gasteiger partial charge in [0.25, 0.3) is 5.69 Å². The summed E-state index contributed by atoms with van der Waals surface area (Å²) in [6.45, 7) is 1.41. The Bertz CT molecular complexity index is 782. The fourth-order valence-electron chi connectivity index (χ4n) is 1.87. The number of nitro benzene ring substituents is 1. The molecular formula is C13H9N3O7. The summed E-state index contributed by atoms with van der Waals surface area (Å²) in [6.07, 6.45) is 1.10. The minimum atomic E-state index is -1.92. The number of aliphatic imine (C=N–C) groups is 1. The first-order valence-electron chi connectivity index (χ1n) is 6.20. The van der Waals surface area contributed by atoms with Gasteiger partial charge in [-0.1, -0.05) is 6.07 Å². The second-order valence-corrected chi connectivity index (χ2v) is 4.52. The first-order chi connectivity index (χ1) is 10.8. The van der Waals surface area contributed by atoms with Crippen LogP contribution in [0, 0.1) is 20.2 Å². The third-order valence-corrected chi connectivity index (χ3v) is 2.86. The number of carbonyl (C=O) groups excluding carboxylic acids is 2. The molecule has 0 fully saturated rings. The largest absolute Gasteiger partial charge is 0.419 e. The molecule has 1 aromatic carbocycles. The molecule has 1 aliphatic heterocycles. The van der Waals surface area contributed by atoms with Crippen LogP contribution >= 0.6 is 0 Å². The highest BCUT2D eigenvalue weighted by atomic mass is 16.6. The van der Waals surface area contributed by atoms with E-state index in [1.54, 1.807) is 0 Å². The van der Waals surface area contributed by atoms with E-state index in [2.05, 4.69) is 4.99 Å². The van der Waals surface area contributed by atoms with Crippen molar-refractivity contribution in [3.8, 4) is 0 Å². The summed E-state index contributed by atoms with van der Waals surface area (Å²) in [6, 6.07) is 2.75. The predicted octanol–water partition coefficient (Wildman–Crippen LogP) is 1.28. The maximum absolute atomic E-state index is 12.0. The van der Waals surface area contributed by atoms with Crippen molar-refractivity contribution in [3.63, 3.8) is 0 Å². The van der Waals surface area contributed by atoms with Gasteiger partial charge >= 0.3 is 17.9 Å². The van der Waals surface area contributed by atoms with Crippen LogP contribution in [0.25, 0.3) is 0 Å². The van der Waals surface area contributed by atoms with Crippen LogP contribution in [0.2, 0.25) is 0 Å². The molecule has 10 heteroatoms. The average molecular weight is 319 g/mol. The number of rotatable bonds is 4. The minimum Gasteiger partial charge on any atom is -0.419 e. The number of amides is 1. The summed E-state index contributed by atoms with van der Waals surface area (Å²) in [5.74, 6) is -2.59. The summed E-state index contributed by atoms with van der Waals surface area (Å²) in [7, 11) is 0. The minimum absolute atomic E-state index is 0.148. The third-order valence-electron chi connectivity index (χ3n) is 2.86. The number of hydrogen-bond acceptors (Lipinski definition) is 7. The lowest BCUT2D eigenvalue weighted by molar-refractivity contribution is -0.501. The van der Waals surface area contributed by atoms with Crippen LogP contribution < -0.4 is 0 Å². The molecule has 0 radical (unpaired) electrons. The Morgan fingerprint density at radius 1 is 1.30 bits per heavy atom. The van der Waals surface area contributed by atoms with Crippen molar-refractivity contribution in [2.24, 2.45) is 4.99 Å². The molecule has 1 aromatic rings. The maximum atomic E-state index is 12.0. The van der Waals surface area contributed by atoms with Crippen LogP contribution in [0.4, 0.5) is 5.69 Å². The molecule has 0 bridgehead atoms. The van der Waals surface area contributed by atoms with Gasteiger partial charge in [0.2, 0.25) is 0 Å². The number of allylic oxidation sites excluding steroid dienone is 1. The lowest BCUT2D eigenvalue weighted by atomic mass is 10.1. The average Bonchev–Trinajstić information content (AvgIpc) is 2.46. The molecule has 118 valence electrons. The molecule has 1 amide bonds. The Morgan fingerprint density at radius 3 is 2.61 bits per heavy atom. The molecule has 0 spiro atoms. The summed E-state index contributed by atoms with van der Waals surface area (Å²) in [5, 5.41) is 21.6. The lowest BCUT2D eigenvalue weighted by Crippen LogP contribution is -2.35. The Labute approximate surface area is 128 Å². The molecule has 0 N–H and O–H groups in total. The molecule has 0 saturated heterocycles. The Morgan fingerprint density at radius 2 is 2.00 bits per heavy atom. The number of nitrogens with zero attached hydrogens (tertiary/aromatic N) is 3. The van der Waals surface area contributed by atoms with Crippen LogP contribution in [0.15, 0.2) is 41.1 Å². The van der Waals surface area contributed by atoms with Crippen molar-refractivity contribution in [1.29, 1.82) is 0 Å². The van der Waals surface area contributed by atoms with Gasteiger partial charge in [0.15, 0.2) is 5.76 Å². The highest BCUT2D eigenvalue weighted by Crippen LogP contribution is 2.19. The molecular weight excluding hydrogens is 310 g/mol. The van der Waals surface area contributed by atoms with E-state index in [0.717, 1.165) is 12.1 Å². The molecule has 23 heavy (non-hydrogen) atoms. The van der Waals surface area contributed by atoms with Crippen molar-refractivity contribution < 1.29 is 24.2 Å². The molecule has 1 aliphatic rings. The number of carbonyl (C=O) groups is 2. The van der Waals surface area contributed by atoms with E-state index in [9.17, 15) is 29.8 Å². The van der Waals surface area contributed by atoms with Gasteiger partial charge in [-0.25, -0.2) is 9.79 Å². The number of dihydropyridines is 1. The number of hydrogen-bond donors (Lipinski definition) is 0. The molecule has 1 atom stereocenters. The van der Waals surface area contributed by atoms with Crippen LogP contribution in [0.3, 0.4) is 0 Å². The molecule has 0 aliphatic carbocycles. The zero-order chi connectivity index (χ0) is 17.1. The van der Waals surface area contributed by atoms with Gasteiger partial charge in [0.1, 0.15) is 0 Å². The van der Waals surface area contributed by atoms with Crippen molar-refractivity contribution >= 4 is 23.3 Å². The zero-order valence-corrected chi connectivity index (χ0v) is 11.7. The van der Waals surface area contributed by atoms with Gasteiger partial charge in [0.05, 0.1) is 10.5 Å². The van der Waals surface area contributed by atoms with E-state index in [1.165, 1.54) is 25.1 Å². The summed E-state index contributed by atoms with van der Waals surface area (Å²) in [5.41, 5.74) is -0.360. The highest BCUT2D eigenvalue weighted by Gasteiger charge is 2.39. The number of nitro groups is 2. The topological polar surface area (TPSA) is 142 Å². The summed E-state index contributed by atoms with van der Waals surface area (Å²) >= 11 is 0. The fourth-order valence-corrected chi connectivity index (χ4v) is 1.87. The van der Waals surface area contributed by atoms with E-state index < -0.39 is 33.5 Å². The molecule has 1 heterocycles. The summed E-state index contributed by atoms with van der Waals surface area (Å²) in [4.78, 5) is 47.0.